The van der Waals surface area contributed by atoms with Gasteiger partial charge in [0.1, 0.15) is 48.5 Å². The highest BCUT2D eigenvalue weighted by Crippen LogP contribution is 2.39. The van der Waals surface area contributed by atoms with E-state index in [4.69, 9.17) is 33.0 Å². The summed E-state index contributed by atoms with van der Waals surface area (Å²) < 4.78 is 11.2. The second-order valence-corrected chi connectivity index (χ2v) is 9.27. The average Bonchev–Trinajstić information content (AvgIpc) is 3.11. The Labute approximate surface area is 218 Å². The van der Waals surface area contributed by atoms with Crippen molar-refractivity contribution in [3.8, 4) is 5.75 Å². The van der Waals surface area contributed by atoms with E-state index in [-0.39, 0.29) is 60.1 Å². The molecule has 5 rings (SSSR count). The molecule has 12 heteroatoms. The fourth-order valence-electron chi connectivity index (χ4n) is 4.86. The number of hydrogen-bond acceptors (Lipinski definition) is 6. The van der Waals surface area contributed by atoms with Crippen molar-refractivity contribution in [3.05, 3.63) is 52.6 Å². The molecule has 2 atom stereocenters. The zero-order valence-electron chi connectivity index (χ0n) is 20.1. The van der Waals surface area contributed by atoms with Gasteiger partial charge in [-0.15, -0.1) is 0 Å². The number of fused-ring (bicyclic) bond motifs is 1. The van der Waals surface area contributed by atoms with E-state index in [2.05, 4.69) is 5.32 Å². The van der Waals surface area contributed by atoms with Crippen LogP contribution in [0.15, 0.2) is 30.3 Å². The monoisotopic (exact) mass is 493 g/mol. The highest BCUT2D eigenvalue weighted by atomic mass is 16.5. The summed E-state index contributed by atoms with van der Waals surface area (Å²) in [5, 5.41) is 2.25. The predicted octanol–water partition coefficient (Wildman–Crippen LogP) is -1.36. The highest BCUT2D eigenvalue weighted by Gasteiger charge is 2.44. The molecular formula is C25H22B3N3O6. The third-order valence-electron chi connectivity index (χ3n) is 6.86. The molecule has 2 unspecified atom stereocenters. The van der Waals surface area contributed by atoms with Crippen molar-refractivity contribution in [1.29, 1.82) is 0 Å². The smallest absolute Gasteiger partial charge is 0.254 e. The minimum atomic E-state index is -1.00. The van der Waals surface area contributed by atoms with Crippen molar-refractivity contribution in [3.63, 3.8) is 0 Å². The lowest BCUT2D eigenvalue weighted by Gasteiger charge is -2.33. The molecular weight excluding hydrogens is 471 g/mol. The van der Waals surface area contributed by atoms with Crippen LogP contribution in [0.25, 0.3) is 0 Å². The fraction of sp³-hybridized carbons (Fsp3) is 0.360. The number of benzene rings is 2. The third-order valence-corrected chi connectivity index (χ3v) is 6.86. The maximum absolute atomic E-state index is 13.2. The zero-order valence-corrected chi connectivity index (χ0v) is 20.1. The maximum atomic E-state index is 13.2. The van der Waals surface area contributed by atoms with Crippen LogP contribution >= 0.6 is 0 Å². The van der Waals surface area contributed by atoms with E-state index in [1.165, 1.54) is 11.0 Å². The molecule has 2 aromatic carbocycles. The lowest BCUT2D eigenvalue weighted by molar-refractivity contribution is -0.143. The Hall–Kier alpha value is -3.53. The van der Waals surface area contributed by atoms with Crippen LogP contribution in [0.3, 0.4) is 0 Å². The van der Waals surface area contributed by atoms with E-state index in [0.29, 0.717) is 25.3 Å². The van der Waals surface area contributed by atoms with Crippen molar-refractivity contribution in [1.82, 2.24) is 15.1 Å². The maximum Gasteiger partial charge on any atom is 0.254 e. The standard InChI is InChI=1S/C25H22B3N3O6/c26-16-9-15-20(23(28)31(25(15)35)17-5-6-18(32)29-24(17)34)22(21(16)27)37-11-14-3-1-13(2-4-14)10-30-7-8-36-12-19(30)33/h1-4,9,17,23H,5-8,10-12H2,(H,29,32,34). The number of nitrogens with one attached hydrogen (secondary N) is 1. The van der Waals surface area contributed by atoms with Gasteiger partial charge in [-0.3, -0.25) is 24.5 Å². The number of amides is 4. The molecule has 0 saturated carbocycles. The summed E-state index contributed by atoms with van der Waals surface area (Å²) in [5.74, 6) is -2.29. The van der Waals surface area contributed by atoms with Crippen LogP contribution in [-0.4, -0.2) is 82.8 Å². The van der Waals surface area contributed by atoms with Gasteiger partial charge in [0.2, 0.25) is 17.7 Å². The molecule has 9 nitrogen and oxygen atoms in total. The Morgan fingerprint density at radius 1 is 1.08 bits per heavy atom. The summed E-state index contributed by atoms with van der Waals surface area (Å²) in [4.78, 5) is 52.2. The molecule has 6 radical (unpaired) electrons. The van der Waals surface area contributed by atoms with Gasteiger partial charge < -0.3 is 19.3 Å². The van der Waals surface area contributed by atoms with Crippen LogP contribution in [0.2, 0.25) is 0 Å². The summed E-state index contributed by atoms with van der Waals surface area (Å²) in [6, 6.07) is 8.12. The van der Waals surface area contributed by atoms with Gasteiger partial charge >= 0.3 is 0 Å². The first-order chi connectivity index (χ1) is 17.7. The first-order valence-electron chi connectivity index (χ1n) is 11.9. The molecule has 3 aliphatic rings. The van der Waals surface area contributed by atoms with Gasteiger partial charge in [0, 0.05) is 36.6 Å². The van der Waals surface area contributed by atoms with Crippen LogP contribution < -0.4 is 21.0 Å². The first-order valence-corrected chi connectivity index (χ1v) is 11.9. The molecule has 2 saturated heterocycles. The van der Waals surface area contributed by atoms with Crippen molar-refractivity contribution in [2.75, 3.05) is 19.8 Å². The van der Waals surface area contributed by atoms with E-state index < -0.39 is 23.8 Å². The SMILES string of the molecule is [B]c1cc2c(c(OCc3ccc(CN4CCOCC4=O)cc3)c1[B])C([B])N(C1CCC(=O)NC1=O)C2=O. The lowest BCUT2D eigenvalue weighted by atomic mass is 9.75. The van der Waals surface area contributed by atoms with Gasteiger partial charge in [0.05, 0.1) is 6.61 Å². The molecule has 2 aromatic rings. The average molecular weight is 493 g/mol. The van der Waals surface area contributed by atoms with Gasteiger partial charge in [0.25, 0.3) is 5.91 Å². The largest absolute Gasteiger partial charge is 0.489 e. The second kappa shape index (κ2) is 10.1. The van der Waals surface area contributed by atoms with Crippen molar-refractivity contribution in [2.45, 2.75) is 38.0 Å². The fourth-order valence-corrected chi connectivity index (χ4v) is 4.86. The van der Waals surface area contributed by atoms with Gasteiger partial charge in [0.15, 0.2) is 0 Å². The Balaban J connectivity index is 1.34. The van der Waals surface area contributed by atoms with Crippen molar-refractivity contribution in [2.24, 2.45) is 0 Å². The van der Waals surface area contributed by atoms with E-state index in [1.54, 1.807) is 4.90 Å². The summed E-state index contributed by atoms with van der Waals surface area (Å²) in [6.45, 7) is 1.79. The minimum Gasteiger partial charge on any atom is -0.489 e. The quantitative estimate of drug-likeness (QED) is 0.394. The number of morpholine rings is 1. The van der Waals surface area contributed by atoms with Crippen LogP contribution in [-0.2, 0) is 32.3 Å². The van der Waals surface area contributed by atoms with E-state index in [9.17, 15) is 19.2 Å². The van der Waals surface area contributed by atoms with Crippen LogP contribution in [0.1, 0.15) is 45.8 Å². The molecule has 37 heavy (non-hydrogen) atoms. The highest BCUT2D eigenvalue weighted by molar-refractivity contribution is 6.50. The number of hydrogen-bond donors (Lipinski definition) is 1. The number of carbonyl (C=O) groups excluding carboxylic acids is 4. The third kappa shape index (κ3) is 4.77. The van der Waals surface area contributed by atoms with Crippen LogP contribution in [0.5, 0.6) is 5.75 Å². The molecule has 2 fully saturated rings. The molecule has 0 bridgehead atoms. The number of ether oxygens (including phenoxy) is 2. The normalized spacial score (nSPS) is 21.7. The molecule has 0 aliphatic carbocycles. The van der Waals surface area contributed by atoms with Gasteiger partial charge in [-0.1, -0.05) is 41.3 Å². The first kappa shape index (κ1) is 25.1. The van der Waals surface area contributed by atoms with Gasteiger partial charge in [-0.05, 0) is 17.5 Å². The van der Waals surface area contributed by atoms with Crippen molar-refractivity contribution < 1.29 is 28.7 Å². The zero-order chi connectivity index (χ0) is 26.3. The number of rotatable bonds is 6. The molecule has 1 N–H and O–H groups in total. The van der Waals surface area contributed by atoms with E-state index in [1.807, 2.05) is 24.3 Å². The van der Waals surface area contributed by atoms with Crippen molar-refractivity contribution >= 4 is 58.1 Å². The predicted molar refractivity (Wildman–Crippen MR) is 135 cm³/mol. The Kier molecular flexibility index (Phi) is 6.85. The summed E-state index contributed by atoms with van der Waals surface area (Å²) in [6.07, 6.45) is 0.272. The molecule has 3 heterocycles. The summed E-state index contributed by atoms with van der Waals surface area (Å²) >= 11 is 0. The molecule has 4 amide bonds. The molecule has 0 spiro atoms. The minimum absolute atomic E-state index is 0.0399. The summed E-state index contributed by atoms with van der Waals surface area (Å²) in [5.41, 5.74) is 2.66. The van der Waals surface area contributed by atoms with Gasteiger partial charge in [-0.2, -0.15) is 0 Å². The van der Waals surface area contributed by atoms with Crippen LogP contribution in [0.4, 0.5) is 0 Å². The van der Waals surface area contributed by atoms with E-state index in [0.717, 1.165) is 11.1 Å². The number of carbonyl (C=O) groups is 4. The molecule has 0 aromatic heterocycles. The summed E-state index contributed by atoms with van der Waals surface area (Å²) in [7, 11) is 18.7. The Morgan fingerprint density at radius 2 is 1.81 bits per heavy atom. The number of nitrogens with zero attached hydrogens (tertiary/aromatic N) is 2. The van der Waals surface area contributed by atoms with Crippen LogP contribution in [0, 0.1) is 0 Å². The van der Waals surface area contributed by atoms with Gasteiger partial charge in [-0.25, -0.2) is 0 Å². The number of imide groups is 1. The lowest BCUT2D eigenvalue weighted by Crippen LogP contribution is -2.53. The molecule has 3 aliphatic heterocycles. The van der Waals surface area contributed by atoms with E-state index >= 15 is 0 Å². The molecule has 182 valence electrons. The topological polar surface area (TPSA) is 105 Å². The number of piperidine rings is 1. The Bertz CT molecular complexity index is 1290. The Morgan fingerprint density at radius 3 is 2.51 bits per heavy atom. The second-order valence-electron chi connectivity index (χ2n) is 9.27.